The lowest BCUT2D eigenvalue weighted by atomic mass is 9.96. The number of fused-ring (bicyclic) bond motifs is 2. The second-order valence-corrected chi connectivity index (χ2v) is 7.60. The van der Waals surface area contributed by atoms with Gasteiger partial charge in [-0.25, -0.2) is 4.79 Å². The monoisotopic (exact) mass is 423 g/mol. The van der Waals surface area contributed by atoms with E-state index < -0.39 is 5.97 Å². The van der Waals surface area contributed by atoms with Gasteiger partial charge in [-0.1, -0.05) is 23.2 Å². The molecule has 0 aliphatic rings. The van der Waals surface area contributed by atoms with Crippen molar-refractivity contribution in [2.45, 2.75) is 0 Å². The van der Waals surface area contributed by atoms with E-state index in [9.17, 15) is 4.79 Å². The Bertz CT molecular complexity index is 1390. The second-order valence-electron chi connectivity index (χ2n) is 6.73. The van der Waals surface area contributed by atoms with E-state index in [1.807, 2.05) is 55.0 Å². The summed E-state index contributed by atoms with van der Waals surface area (Å²) in [7, 11) is 1.37. The molecule has 0 atom stereocenters. The zero-order valence-corrected chi connectivity index (χ0v) is 16.8. The molecule has 0 bridgehead atoms. The number of hydrogen-bond acceptors (Lipinski definition) is 2. The van der Waals surface area contributed by atoms with E-state index in [4.69, 9.17) is 27.9 Å². The Hall–Kier alpha value is -3.15. The Labute approximate surface area is 175 Å². The number of methoxy groups -OCH3 is 1. The molecule has 5 nitrogen and oxygen atoms in total. The smallest absolute Gasteiger partial charge is 0.355 e. The van der Waals surface area contributed by atoms with Gasteiger partial charge in [-0.05, 0) is 36.4 Å². The summed E-state index contributed by atoms with van der Waals surface area (Å²) in [6, 6.07) is 11.3. The van der Waals surface area contributed by atoms with E-state index in [1.165, 1.54) is 7.11 Å². The molecule has 3 aromatic heterocycles. The highest BCUT2D eigenvalue weighted by atomic mass is 35.5. The number of carbonyl (C=O) groups excluding carboxylic acids is 1. The molecule has 29 heavy (non-hydrogen) atoms. The summed E-state index contributed by atoms with van der Waals surface area (Å²) in [6.45, 7) is 0. The standard InChI is InChI=1S/C22H15Cl2N3O2/c1-29-22(28)21-20(16-9-26-19-5-3-12(24)7-14(16)19)17(10-27-21)15-8-25-18-4-2-11(23)6-13(15)18/h2-10,25-27H,1H3. The molecule has 2 aromatic carbocycles. The lowest BCUT2D eigenvalue weighted by Gasteiger charge is -2.06. The van der Waals surface area contributed by atoms with E-state index in [0.717, 1.165) is 44.1 Å². The van der Waals surface area contributed by atoms with Gasteiger partial charge < -0.3 is 19.7 Å². The number of ether oxygens (including phenoxy) is 1. The van der Waals surface area contributed by atoms with E-state index in [-0.39, 0.29) is 0 Å². The van der Waals surface area contributed by atoms with Gasteiger partial charge in [-0.3, -0.25) is 0 Å². The molecule has 5 rings (SSSR count). The van der Waals surface area contributed by atoms with Crippen LogP contribution in [0.25, 0.3) is 44.1 Å². The number of nitrogens with one attached hydrogen (secondary N) is 3. The zero-order chi connectivity index (χ0) is 20.1. The predicted octanol–water partition coefficient (Wildman–Crippen LogP) is 6.40. The number of benzene rings is 2. The first-order valence-electron chi connectivity index (χ1n) is 8.90. The molecule has 0 saturated carbocycles. The molecule has 0 spiro atoms. The Morgan fingerprint density at radius 1 is 0.793 bits per heavy atom. The first kappa shape index (κ1) is 17.9. The van der Waals surface area contributed by atoms with Crippen molar-refractivity contribution in [1.29, 1.82) is 0 Å². The van der Waals surface area contributed by atoms with Crippen molar-refractivity contribution in [3.63, 3.8) is 0 Å². The van der Waals surface area contributed by atoms with Gasteiger partial charge in [0.15, 0.2) is 0 Å². The SMILES string of the molecule is COC(=O)c1[nH]cc(-c2c[nH]c3ccc(Cl)cc23)c1-c1c[nH]c2ccc(Cl)cc12. The lowest BCUT2D eigenvalue weighted by Crippen LogP contribution is -2.03. The van der Waals surface area contributed by atoms with Crippen molar-refractivity contribution in [2.24, 2.45) is 0 Å². The summed E-state index contributed by atoms with van der Waals surface area (Å²) in [5.41, 5.74) is 5.65. The number of halogens is 2. The van der Waals surface area contributed by atoms with Crippen molar-refractivity contribution in [3.05, 3.63) is 70.7 Å². The molecule has 3 N–H and O–H groups in total. The Balaban J connectivity index is 1.84. The summed E-state index contributed by atoms with van der Waals surface area (Å²) >= 11 is 12.5. The molecule has 0 unspecified atom stereocenters. The summed E-state index contributed by atoms with van der Waals surface area (Å²) in [6.07, 6.45) is 5.60. The van der Waals surface area contributed by atoms with Crippen LogP contribution in [0.4, 0.5) is 0 Å². The average Bonchev–Trinajstić information content (AvgIpc) is 3.42. The highest BCUT2D eigenvalue weighted by Gasteiger charge is 2.24. The van der Waals surface area contributed by atoms with Crippen molar-refractivity contribution in [3.8, 4) is 22.3 Å². The van der Waals surface area contributed by atoms with Gasteiger partial charge in [0.05, 0.1) is 7.11 Å². The van der Waals surface area contributed by atoms with Crippen LogP contribution in [0.1, 0.15) is 10.5 Å². The largest absolute Gasteiger partial charge is 0.464 e. The number of hydrogen-bond donors (Lipinski definition) is 3. The van der Waals surface area contributed by atoms with Crippen LogP contribution in [0.2, 0.25) is 10.0 Å². The van der Waals surface area contributed by atoms with Gasteiger partial charge in [0.1, 0.15) is 5.69 Å². The molecule has 0 amide bonds. The zero-order valence-electron chi connectivity index (χ0n) is 15.3. The van der Waals surface area contributed by atoms with Crippen LogP contribution in [0.3, 0.4) is 0 Å². The maximum Gasteiger partial charge on any atom is 0.355 e. The second kappa shape index (κ2) is 6.72. The van der Waals surface area contributed by atoms with Crippen LogP contribution in [0, 0.1) is 0 Å². The molecule has 144 valence electrons. The minimum absolute atomic E-state index is 0.375. The van der Waals surface area contributed by atoms with Crippen molar-refractivity contribution in [2.75, 3.05) is 7.11 Å². The fourth-order valence-electron chi connectivity index (χ4n) is 3.79. The number of carbonyl (C=O) groups is 1. The summed E-state index contributed by atoms with van der Waals surface area (Å²) in [5.74, 6) is -0.444. The van der Waals surface area contributed by atoms with Crippen molar-refractivity contribution < 1.29 is 9.53 Å². The van der Waals surface area contributed by atoms with Crippen LogP contribution in [0.5, 0.6) is 0 Å². The van der Waals surface area contributed by atoms with Crippen LogP contribution < -0.4 is 0 Å². The Morgan fingerprint density at radius 3 is 1.97 bits per heavy atom. The van der Waals surface area contributed by atoms with E-state index in [0.29, 0.717) is 15.7 Å². The quantitative estimate of drug-likeness (QED) is 0.293. The first-order valence-corrected chi connectivity index (χ1v) is 9.66. The summed E-state index contributed by atoms with van der Waals surface area (Å²) in [5, 5.41) is 3.14. The molecule has 0 aliphatic carbocycles. The van der Waals surface area contributed by atoms with E-state index in [2.05, 4.69) is 15.0 Å². The van der Waals surface area contributed by atoms with Gasteiger partial charge in [0, 0.05) is 72.7 Å². The third kappa shape index (κ3) is 2.82. The minimum atomic E-state index is -0.444. The Kier molecular flexibility index (Phi) is 4.15. The minimum Gasteiger partial charge on any atom is -0.464 e. The molecule has 0 aliphatic heterocycles. The van der Waals surface area contributed by atoms with Gasteiger partial charge in [-0.2, -0.15) is 0 Å². The van der Waals surface area contributed by atoms with Gasteiger partial charge in [0.25, 0.3) is 0 Å². The predicted molar refractivity (Wildman–Crippen MR) is 117 cm³/mol. The number of aromatic amines is 3. The molecular formula is C22H15Cl2N3O2. The average molecular weight is 424 g/mol. The highest BCUT2D eigenvalue weighted by Crippen LogP contribution is 2.42. The van der Waals surface area contributed by atoms with Gasteiger partial charge in [0.2, 0.25) is 0 Å². The van der Waals surface area contributed by atoms with Gasteiger partial charge >= 0.3 is 5.97 Å². The summed E-state index contributed by atoms with van der Waals surface area (Å²) < 4.78 is 5.01. The number of H-pyrrole nitrogens is 3. The van der Waals surface area contributed by atoms with Gasteiger partial charge in [-0.15, -0.1) is 0 Å². The third-order valence-electron chi connectivity index (χ3n) is 5.12. The van der Waals surface area contributed by atoms with Crippen LogP contribution in [-0.2, 0) is 4.74 Å². The molecule has 3 heterocycles. The highest BCUT2D eigenvalue weighted by molar-refractivity contribution is 6.32. The fourth-order valence-corrected chi connectivity index (χ4v) is 4.14. The molecule has 7 heteroatoms. The topological polar surface area (TPSA) is 73.7 Å². The van der Waals surface area contributed by atoms with Crippen LogP contribution >= 0.6 is 23.2 Å². The van der Waals surface area contributed by atoms with Crippen LogP contribution in [0.15, 0.2) is 55.0 Å². The van der Waals surface area contributed by atoms with Crippen LogP contribution in [-0.4, -0.2) is 28.0 Å². The normalized spacial score (nSPS) is 11.4. The molecular weight excluding hydrogens is 409 g/mol. The maximum atomic E-state index is 12.5. The lowest BCUT2D eigenvalue weighted by molar-refractivity contribution is 0.0596. The number of rotatable bonds is 3. The maximum absolute atomic E-state index is 12.5. The summed E-state index contributed by atoms with van der Waals surface area (Å²) in [4.78, 5) is 22.1. The van der Waals surface area contributed by atoms with E-state index >= 15 is 0 Å². The van der Waals surface area contributed by atoms with E-state index in [1.54, 1.807) is 0 Å². The molecule has 0 saturated heterocycles. The fraction of sp³-hybridized carbons (Fsp3) is 0.0455. The third-order valence-corrected chi connectivity index (χ3v) is 5.59. The van der Waals surface area contributed by atoms with Crippen molar-refractivity contribution >= 4 is 51.0 Å². The molecule has 0 radical (unpaired) electrons. The number of esters is 1. The Morgan fingerprint density at radius 2 is 1.34 bits per heavy atom. The van der Waals surface area contributed by atoms with Crippen molar-refractivity contribution in [1.82, 2.24) is 15.0 Å². The first-order chi connectivity index (χ1) is 14.1. The number of aromatic nitrogens is 3. The molecule has 5 aromatic rings. The molecule has 0 fully saturated rings.